The summed E-state index contributed by atoms with van der Waals surface area (Å²) < 4.78 is 0. The van der Waals surface area contributed by atoms with Crippen molar-refractivity contribution < 1.29 is 4.84 Å². The standard InChI is InChI=1S/C15H17BNOP/c19-16(14-8-2-1-3-9-14)17-18-15-10-12-6-4-5-7-13(12)11-15/h1-9,15,17H,10-11,19H2. The van der Waals surface area contributed by atoms with Crippen LogP contribution in [0.15, 0.2) is 54.6 Å². The first-order valence-corrected chi connectivity index (χ1v) is 7.28. The predicted molar refractivity (Wildman–Crippen MR) is 83.4 cm³/mol. The Morgan fingerprint density at radius 2 is 1.53 bits per heavy atom. The second-order valence-electron chi connectivity index (χ2n) is 4.92. The lowest BCUT2D eigenvalue weighted by molar-refractivity contribution is 0.0231. The van der Waals surface area contributed by atoms with Crippen LogP contribution >= 0.6 is 9.12 Å². The van der Waals surface area contributed by atoms with E-state index in [0.29, 0.717) is 0 Å². The molecule has 0 saturated heterocycles. The van der Waals surface area contributed by atoms with Crippen molar-refractivity contribution >= 4 is 21.1 Å². The molecule has 0 radical (unpaired) electrons. The van der Waals surface area contributed by atoms with Gasteiger partial charge in [-0.2, -0.15) is 0 Å². The summed E-state index contributed by atoms with van der Waals surface area (Å²) in [4.78, 5) is 5.83. The van der Waals surface area contributed by atoms with Crippen molar-refractivity contribution in [2.45, 2.75) is 18.9 Å². The molecule has 2 aromatic carbocycles. The van der Waals surface area contributed by atoms with Crippen LogP contribution in [0.5, 0.6) is 0 Å². The molecule has 0 aliphatic heterocycles. The van der Waals surface area contributed by atoms with E-state index in [1.165, 1.54) is 16.6 Å². The van der Waals surface area contributed by atoms with Gasteiger partial charge in [0.2, 0.25) is 0 Å². The molecule has 0 saturated carbocycles. The van der Waals surface area contributed by atoms with Crippen molar-refractivity contribution in [2.24, 2.45) is 0 Å². The van der Waals surface area contributed by atoms with Crippen molar-refractivity contribution in [1.29, 1.82) is 0 Å². The fraction of sp³-hybridized carbons (Fsp3) is 0.200. The Labute approximate surface area is 116 Å². The van der Waals surface area contributed by atoms with Gasteiger partial charge in [0.15, 0.2) is 0 Å². The van der Waals surface area contributed by atoms with E-state index in [1.54, 1.807) is 0 Å². The van der Waals surface area contributed by atoms with Gasteiger partial charge in [0.25, 0.3) is 0 Å². The molecule has 1 aliphatic rings. The SMILES string of the molecule is PB(NOC1Cc2ccccc2C1)c1ccccc1. The highest BCUT2D eigenvalue weighted by molar-refractivity contribution is 7.64. The average Bonchev–Trinajstić information content (AvgIpc) is 2.88. The molecule has 2 aromatic rings. The second-order valence-corrected chi connectivity index (χ2v) is 5.59. The first-order valence-electron chi connectivity index (χ1n) is 6.61. The predicted octanol–water partition coefficient (Wildman–Crippen LogP) is 1.95. The second kappa shape index (κ2) is 5.87. The number of hydrogen-bond acceptors (Lipinski definition) is 2. The fourth-order valence-corrected chi connectivity index (χ4v) is 2.80. The third kappa shape index (κ3) is 3.06. The third-order valence-corrected chi connectivity index (χ3v) is 4.05. The molecule has 0 amide bonds. The van der Waals surface area contributed by atoms with E-state index < -0.39 is 0 Å². The Balaban J connectivity index is 1.55. The van der Waals surface area contributed by atoms with E-state index in [-0.39, 0.29) is 12.7 Å². The maximum atomic E-state index is 5.83. The maximum absolute atomic E-state index is 5.83. The lowest BCUT2D eigenvalue weighted by Gasteiger charge is -2.15. The van der Waals surface area contributed by atoms with Gasteiger partial charge < -0.3 is 4.84 Å². The van der Waals surface area contributed by atoms with E-state index in [1.807, 2.05) is 18.2 Å². The summed E-state index contributed by atoms with van der Waals surface area (Å²) >= 11 is 0. The first-order chi connectivity index (χ1) is 9.33. The van der Waals surface area contributed by atoms with E-state index >= 15 is 0 Å². The largest absolute Gasteiger partial charge is 0.308 e. The van der Waals surface area contributed by atoms with Gasteiger partial charge in [0.05, 0.1) is 6.10 Å². The zero-order chi connectivity index (χ0) is 13.1. The molecule has 1 unspecified atom stereocenters. The molecule has 19 heavy (non-hydrogen) atoms. The van der Waals surface area contributed by atoms with Crippen LogP contribution in [-0.2, 0) is 17.7 Å². The maximum Gasteiger partial charge on any atom is 0.305 e. The molecule has 1 N–H and O–H groups in total. The normalized spacial score (nSPS) is 14.4. The molecule has 0 spiro atoms. The van der Waals surface area contributed by atoms with Gasteiger partial charge in [-0.25, -0.2) is 5.39 Å². The van der Waals surface area contributed by atoms with Crippen LogP contribution in [0.2, 0.25) is 0 Å². The number of rotatable bonds is 4. The van der Waals surface area contributed by atoms with Crippen LogP contribution in [0, 0.1) is 0 Å². The molecular formula is C15H17BNOP. The lowest BCUT2D eigenvalue weighted by atomic mass is 9.82. The topological polar surface area (TPSA) is 21.3 Å². The molecule has 3 rings (SSSR count). The molecule has 4 heteroatoms. The monoisotopic (exact) mass is 269 g/mol. The van der Waals surface area contributed by atoms with E-state index in [2.05, 4.69) is 50.9 Å². The van der Waals surface area contributed by atoms with Crippen molar-refractivity contribution in [2.75, 3.05) is 0 Å². The number of benzene rings is 2. The Morgan fingerprint density at radius 3 is 2.16 bits per heavy atom. The van der Waals surface area contributed by atoms with Crippen molar-refractivity contribution in [3.8, 4) is 0 Å². The molecule has 0 aromatic heterocycles. The Kier molecular flexibility index (Phi) is 3.98. The van der Waals surface area contributed by atoms with E-state index in [0.717, 1.165) is 12.8 Å². The molecular weight excluding hydrogens is 252 g/mol. The van der Waals surface area contributed by atoms with Crippen molar-refractivity contribution in [3.05, 3.63) is 65.7 Å². The molecule has 0 bridgehead atoms. The van der Waals surface area contributed by atoms with Crippen molar-refractivity contribution in [1.82, 2.24) is 5.39 Å². The van der Waals surface area contributed by atoms with Gasteiger partial charge in [0.1, 0.15) is 0 Å². The Bertz CT molecular complexity index is 524. The lowest BCUT2D eigenvalue weighted by Crippen LogP contribution is -2.41. The minimum absolute atomic E-state index is 0.130. The van der Waals surface area contributed by atoms with Crippen LogP contribution in [0.1, 0.15) is 11.1 Å². The Morgan fingerprint density at radius 1 is 0.947 bits per heavy atom. The quantitative estimate of drug-likeness (QED) is 0.520. The molecule has 96 valence electrons. The summed E-state index contributed by atoms with van der Waals surface area (Å²) in [5, 5.41) is 3.14. The minimum Gasteiger partial charge on any atom is -0.308 e. The highest BCUT2D eigenvalue weighted by Gasteiger charge is 2.23. The summed E-state index contributed by atoms with van der Waals surface area (Å²) in [6, 6.07) is 18.9. The van der Waals surface area contributed by atoms with Gasteiger partial charge in [-0.05, 0) is 11.1 Å². The number of nitrogens with one attached hydrogen (secondary N) is 1. The summed E-state index contributed by atoms with van der Waals surface area (Å²) in [6.07, 6.45) is 2.23. The van der Waals surface area contributed by atoms with Gasteiger partial charge >= 0.3 is 6.57 Å². The smallest absolute Gasteiger partial charge is 0.305 e. The summed E-state index contributed by atoms with van der Waals surface area (Å²) in [5.41, 5.74) is 4.03. The summed E-state index contributed by atoms with van der Waals surface area (Å²) in [7, 11) is 2.78. The molecule has 0 fully saturated rings. The summed E-state index contributed by atoms with van der Waals surface area (Å²) in [5.74, 6) is 0. The highest BCUT2D eigenvalue weighted by atomic mass is 31.0. The van der Waals surface area contributed by atoms with Crippen LogP contribution in [0.25, 0.3) is 0 Å². The van der Waals surface area contributed by atoms with Gasteiger partial charge in [-0.15, -0.1) is 9.12 Å². The first kappa shape index (κ1) is 12.9. The van der Waals surface area contributed by atoms with Crippen LogP contribution in [0.3, 0.4) is 0 Å². The fourth-order valence-electron chi connectivity index (χ4n) is 2.50. The Hall–Kier alpha value is -1.15. The van der Waals surface area contributed by atoms with Gasteiger partial charge in [0, 0.05) is 12.8 Å². The average molecular weight is 269 g/mol. The third-order valence-electron chi connectivity index (χ3n) is 3.53. The number of fused-ring (bicyclic) bond motifs is 1. The van der Waals surface area contributed by atoms with E-state index in [9.17, 15) is 0 Å². The minimum atomic E-state index is 0.130. The van der Waals surface area contributed by atoms with Crippen molar-refractivity contribution in [3.63, 3.8) is 0 Å². The zero-order valence-corrected chi connectivity index (χ0v) is 11.9. The van der Waals surface area contributed by atoms with E-state index in [4.69, 9.17) is 4.84 Å². The van der Waals surface area contributed by atoms with Gasteiger partial charge in [-0.1, -0.05) is 60.1 Å². The van der Waals surface area contributed by atoms with Crippen LogP contribution in [0.4, 0.5) is 0 Å². The van der Waals surface area contributed by atoms with Gasteiger partial charge in [-0.3, -0.25) is 0 Å². The van der Waals surface area contributed by atoms with Crippen LogP contribution < -0.4 is 10.9 Å². The molecule has 0 heterocycles. The number of hydrogen-bond donors (Lipinski definition) is 1. The molecule has 1 aliphatic carbocycles. The highest BCUT2D eigenvalue weighted by Crippen LogP contribution is 2.23. The molecule has 2 nitrogen and oxygen atoms in total. The van der Waals surface area contributed by atoms with Crippen LogP contribution in [-0.4, -0.2) is 12.7 Å². The zero-order valence-electron chi connectivity index (χ0n) is 10.8. The summed E-state index contributed by atoms with van der Waals surface area (Å²) in [6.45, 7) is 0.130. The molecule has 1 atom stereocenters.